The summed E-state index contributed by atoms with van der Waals surface area (Å²) in [5.41, 5.74) is 1.11. The number of amides is 3. The van der Waals surface area contributed by atoms with E-state index < -0.39 is 17.9 Å². The van der Waals surface area contributed by atoms with Gasteiger partial charge in [0, 0.05) is 37.0 Å². The van der Waals surface area contributed by atoms with Crippen molar-refractivity contribution in [2.75, 3.05) is 51.0 Å². The molecule has 0 saturated heterocycles. The number of ether oxygens (including phenoxy) is 2. The minimum Gasteiger partial charge on any atom is -0.490 e. The van der Waals surface area contributed by atoms with Gasteiger partial charge in [-0.1, -0.05) is 6.92 Å². The highest BCUT2D eigenvalue weighted by Gasteiger charge is 2.30. The first kappa shape index (κ1) is 31.3. The van der Waals surface area contributed by atoms with Gasteiger partial charge in [-0.15, -0.1) is 0 Å². The van der Waals surface area contributed by atoms with Gasteiger partial charge in [0.25, 0.3) is 5.91 Å². The van der Waals surface area contributed by atoms with Crippen LogP contribution < -0.4 is 15.4 Å². The zero-order valence-electron chi connectivity index (χ0n) is 24.2. The van der Waals surface area contributed by atoms with Gasteiger partial charge in [0.15, 0.2) is 0 Å². The number of hydrogen-bond donors (Lipinski definition) is 3. The zero-order chi connectivity index (χ0) is 29.2. The van der Waals surface area contributed by atoms with Gasteiger partial charge >= 0.3 is 6.03 Å². The van der Waals surface area contributed by atoms with E-state index >= 15 is 0 Å². The van der Waals surface area contributed by atoms with E-state index in [9.17, 15) is 19.1 Å². The molecule has 0 aliphatic carbocycles. The Balaban J connectivity index is 1.92. The third-order valence-electron chi connectivity index (χ3n) is 6.96. The van der Waals surface area contributed by atoms with Crippen LogP contribution in [0.4, 0.5) is 20.6 Å². The number of fused-ring (bicyclic) bond motifs is 1. The van der Waals surface area contributed by atoms with Crippen LogP contribution in [0, 0.1) is 11.7 Å². The van der Waals surface area contributed by atoms with E-state index in [0.29, 0.717) is 42.4 Å². The Morgan fingerprint density at radius 3 is 2.48 bits per heavy atom. The molecule has 0 unspecified atom stereocenters. The molecule has 1 heterocycles. The van der Waals surface area contributed by atoms with E-state index in [1.54, 1.807) is 30.0 Å². The smallest absolute Gasteiger partial charge is 0.323 e. The van der Waals surface area contributed by atoms with Crippen molar-refractivity contribution in [2.24, 2.45) is 5.92 Å². The fourth-order valence-corrected chi connectivity index (χ4v) is 4.65. The van der Waals surface area contributed by atoms with Crippen LogP contribution in [-0.4, -0.2) is 85.5 Å². The molecule has 10 heteroatoms. The molecule has 0 bridgehead atoms. The average molecular weight is 559 g/mol. The molecule has 1 aliphatic heterocycles. The fourth-order valence-electron chi connectivity index (χ4n) is 4.65. The Morgan fingerprint density at radius 2 is 1.80 bits per heavy atom. The SMILES string of the molecule is C[C@H]1CCCCO[C@@H](CN(C)C)[C@@H](C)CN([C@@H](C)CO)C(=O)c2cc(NC(=O)Nc3ccc(F)cc3)ccc2O1. The highest BCUT2D eigenvalue weighted by molar-refractivity contribution is 6.02. The minimum absolute atomic E-state index is 0.00521. The molecule has 0 aromatic heterocycles. The van der Waals surface area contributed by atoms with Crippen molar-refractivity contribution < 1.29 is 28.6 Å². The second-order valence-electron chi connectivity index (χ2n) is 10.9. The van der Waals surface area contributed by atoms with Crippen LogP contribution in [0.1, 0.15) is 50.4 Å². The number of carbonyl (C=O) groups is 2. The Hall–Kier alpha value is -3.21. The van der Waals surface area contributed by atoms with Crippen molar-refractivity contribution in [3.8, 4) is 5.75 Å². The minimum atomic E-state index is -0.535. The Labute approximate surface area is 236 Å². The predicted octanol–water partition coefficient (Wildman–Crippen LogP) is 4.83. The Bertz CT molecular complexity index is 1110. The first-order chi connectivity index (χ1) is 19.1. The van der Waals surface area contributed by atoms with Crippen LogP contribution in [0.2, 0.25) is 0 Å². The van der Waals surface area contributed by atoms with E-state index in [2.05, 4.69) is 22.5 Å². The Morgan fingerprint density at radius 1 is 1.12 bits per heavy atom. The lowest BCUT2D eigenvalue weighted by Crippen LogP contribution is -2.47. The number of halogens is 1. The third-order valence-corrected chi connectivity index (χ3v) is 6.96. The number of nitrogens with one attached hydrogen (secondary N) is 2. The van der Waals surface area contributed by atoms with Crippen molar-refractivity contribution in [2.45, 2.75) is 58.3 Å². The summed E-state index contributed by atoms with van der Waals surface area (Å²) in [6.07, 6.45) is 2.39. The molecule has 220 valence electrons. The van der Waals surface area contributed by atoms with Crippen LogP contribution in [-0.2, 0) is 4.74 Å². The van der Waals surface area contributed by atoms with Crippen LogP contribution in [0.25, 0.3) is 0 Å². The average Bonchev–Trinajstić information content (AvgIpc) is 2.91. The number of likely N-dealkylation sites (N-methyl/N-ethyl adjacent to an activating group) is 1. The Kier molecular flexibility index (Phi) is 11.7. The molecule has 1 aliphatic rings. The number of nitrogens with zero attached hydrogens (tertiary/aromatic N) is 2. The fraction of sp³-hybridized carbons (Fsp3) is 0.533. The summed E-state index contributed by atoms with van der Waals surface area (Å²) in [7, 11) is 3.99. The van der Waals surface area contributed by atoms with Crippen molar-refractivity contribution >= 4 is 23.3 Å². The van der Waals surface area contributed by atoms with E-state index in [-0.39, 0.29) is 30.6 Å². The molecule has 3 amide bonds. The summed E-state index contributed by atoms with van der Waals surface area (Å²) >= 11 is 0. The number of benzene rings is 2. The van der Waals surface area contributed by atoms with E-state index in [1.165, 1.54) is 24.3 Å². The number of rotatable bonds is 6. The second-order valence-corrected chi connectivity index (χ2v) is 10.9. The molecule has 3 rings (SSSR count). The quantitative estimate of drug-likeness (QED) is 0.470. The van der Waals surface area contributed by atoms with Gasteiger partial charge in [-0.3, -0.25) is 4.79 Å². The van der Waals surface area contributed by atoms with Gasteiger partial charge < -0.3 is 35.0 Å². The lowest BCUT2D eigenvalue weighted by Gasteiger charge is -2.35. The standard InChI is InChI=1S/C30H43FN4O5/c1-20-17-35(21(2)19-36)29(37)26-16-25(33-30(38)32-24-11-9-23(31)10-12-24)13-14-27(26)40-22(3)8-6-7-15-39-28(20)18-34(4)5/h9-14,16,20-22,28,36H,6-8,15,17-19H2,1-5H3,(H2,32,33,38)/t20-,21-,22-,28-/m0/s1. The maximum Gasteiger partial charge on any atom is 0.323 e. The van der Waals surface area contributed by atoms with Crippen LogP contribution in [0.5, 0.6) is 5.75 Å². The van der Waals surface area contributed by atoms with Gasteiger partial charge in [0.1, 0.15) is 11.6 Å². The normalized spacial score (nSPS) is 21.6. The first-order valence-electron chi connectivity index (χ1n) is 13.9. The molecule has 0 spiro atoms. The van der Waals surface area contributed by atoms with Crippen LogP contribution in [0.15, 0.2) is 42.5 Å². The van der Waals surface area contributed by atoms with E-state index in [4.69, 9.17) is 9.47 Å². The monoisotopic (exact) mass is 558 g/mol. The molecule has 4 atom stereocenters. The lowest BCUT2D eigenvalue weighted by atomic mass is 10.0. The van der Waals surface area contributed by atoms with Gasteiger partial charge in [-0.2, -0.15) is 0 Å². The molecule has 2 aromatic rings. The molecular formula is C30H43FN4O5. The predicted molar refractivity (Wildman–Crippen MR) is 154 cm³/mol. The van der Waals surface area contributed by atoms with Gasteiger partial charge in [0.05, 0.1) is 30.4 Å². The lowest BCUT2D eigenvalue weighted by molar-refractivity contribution is -0.0137. The summed E-state index contributed by atoms with van der Waals surface area (Å²) in [4.78, 5) is 30.4. The molecular weight excluding hydrogens is 515 g/mol. The second kappa shape index (κ2) is 15.0. The summed E-state index contributed by atoms with van der Waals surface area (Å²) in [5, 5.41) is 15.4. The van der Waals surface area contributed by atoms with Gasteiger partial charge in [0.2, 0.25) is 0 Å². The first-order valence-corrected chi connectivity index (χ1v) is 13.9. The molecule has 40 heavy (non-hydrogen) atoms. The molecule has 3 N–H and O–H groups in total. The summed E-state index contributed by atoms with van der Waals surface area (Å²) in [6.45, 7) is 7.33. The molecule has 0 fully saturated rings. The summed E-state index contributed by atoms with van der Waals surface area (Å²) in [5.74, 6) is -0.295. The molecule has 2 aromatic carbocycles. The summed E-state index contributed by atoms with van der Waals surface area (Å²) < 4.78 is 25.7. The number of anilines is 2. The van der Waals surface area contributed by atoms with Crippen molar-refractivity contribution in [3.05, 3.63) is 53.8 Å². The van der Waals surface area contributed by atoms with Crippen molar-refractivity contribution in [1.82, 2.24) is 9.80 Å². The van der Waals surface area contributed by atoms with Gasteiger partial charge in [-0.05, 0) is 89.7 Å². The van der Waals surface area contributed by atoms with E-state index in [1.807, 2.05) is 21.0 Å². The number of aliphatic hydroxyl groups excluding tert-OH is 1. The topological polar surface area (TPSA) is 103 Å². The zero-order valence-corrected chi connectivity index (χ0v) is 24.2. The largest absolute Gasteiger partial charge is 0.490 e. The number of urea groups is 1. The van der Waals surface area contributed by atoms with Crippen LogP contribution in [0.3, 0.4) is 0 Å². The number of aliphatic hydroxyl groups is 1. The summed E-state index contributed by atoms with van der Waals surface area (Å²) in [6, 6.07) is 9.39. The molecule has 0 radical (unpaired) electrons. The van der Waals surface area contributed by atoms with Crippen molar-refractivity contribution in [1.29, 1.82) is 0 Å². The number of carbonyl (C=O) groups excluding carboxylic acids is 2. The highest BCUT2D eigenvalue weighted by atomic mass is 19.1. The number of hydrogen-bond acceptors (Lipinski definition) is 6. The highest BCUT2D eigenvalue weighted by Crippen LogP contribution is 2.28. The van der Waals surface area contributed by atoms with E-state index in [0.717, 1.165) is 19.3 Å². The van der Waals surface area contributed by atoms with Gasteiger partial charge in [-0.25, -0.2) is 9.18 Å². The molecule has 9 nitrogen and oxygen atoms in total. The maximum absolute atomic E-state index is 14.1. The molecule has 0 saturated carbocycles. The van der Waals surface area contributed by atoms with Crippen molar-refractivity contribution in [3.63, 3.8) is 0 Å². The maximum atomic E-state index is 14.1. The third kappa shape index (κ3) is 9.18. The van der Waals surface area contributed by atoms with Crippen LogP contribution >= 0.6 is 0 Å².